The molecule has 1 aromatic rings. The minimum Gasteiger partial charge on any atom is -0.369 e. The van der Waals surface area contributed by atoms with E-state index in [9.17, 15) is 22.4 Å². The van der Waals surface area contributed by atoms with Gasteiger partial charge in [0.05, 0.1) is 22.0 Å². The molecule has 4 rings (SSSR count). The molecule has 2 amide bonds. The molecule has 1 aliphatic heterocycles. The Morgan fingerprint density at radius 1 is 1.00 bits per heavy atom. The third kappa shape index (κ3) is 5.24. The number of carbonyl (C=O) groups excluding carboxylic acids is 2. The molecular formula is C24H34FN3O4S. The lowest BCUT2D eigenvalue weighted by Gasteiger charge is -2.31. The van der Waals surface area contributed by atoms with Crippen molar-refractivity contribution >= 4 is 21.7 Å². The molecule has 0 radical (unpaired) electrons. The van der Waals surface area contributed by atoms with Crippen LogP contribution in [0.3, 0.4) is 0 Å². The normalized spacial score (nSPS) is 28.2. The Hall–Kier alpha value is -2.00. The quantitative estimate of drug-likeness (QED) is 0.416. The van der Waals surface area contributed by atoms with Crippen LogP contribution in [0.1, 0.15) is 44.9 Å². The van der Waals surface area contributed by atoms with Crippen LogP contribution >= 0.6 is 0 Å². The summed E-state index contributed by atoms with van der Waals surface area (Å²) in [5.41, 5.74) is 5.57. The van der Waals surface area contributed by atoms with Gasteiger partial charge >= 0.3 is 0 Å². The van der Waals surface area contributed by atoms with Gasteiger partial charge in [-0.1, -0.05) is 0 Å². The van der Waals surface area contributed by atoms with Gasteiger partial charge in [0.1, 0.15) is 5.82 Å². The SMILES string of the molecule is NC(=O)C1C2CCC(C2)C1C(=O)NCCCCN1CCC(S(=O)(=O)c2ccc(F)cc2)CC1. The molecule has 4 atom stereocenters. The van der Waals surface area contributed by atoms with Crippen molar-refractivity contribution in [3.05, 3.63) is 30.1 Å². The maximum Gasteiger partial charge on any atom is 0.224 e. The second-order valence-corrected chi connectivity index (χ2v) is 12.1. The number of sulfone groups is 1. The number of carbonyl (C=O) groups is 2. The highest BCUT2D eigenvalue weighted by molar-refractivity contribution is 7.92. The van der Waals surface area contributed by atoms with Crippen molar-refractivity contribution in [3.63, 3.8) is 0 Å². The molecule has 1 aromatic carbocycles. The molecule has 2 bridgehead atoms. The first-order chi connectivity index (χ1) is 15.8. The second kappa shape index (κ2) is 10.1. The van der Waals surface area contributed by atoms with Gasteiger partial charge in [-0.25, -0.2) is 12.8 Å². The lowest BCUT2D eigenvalue weighted by atomic mass is 9.78. The fourth-order valence-corrected chi connectivity index (χ4v) is 7.86. The van der Waals surface area contributed by atoms with Crippen LogP contribution in [0.2, 0.25) is 0 Å². The number of nitrogens with zero attached hydrogens (tertiary/aromatic N) is 1. The molecule has 0 spiro atoms. The third-order valence-corrected chi connectivity index (χ3v) is 10.1. The summed E-state index contributed by atoms with van der Waals surface area (Å²) < 4.78 is 38.7. The number of fused-ring (bicyclic) bond motifs is 2. The Morgan fingerprint density at radius 3 is 2.27 bits per heavy atom. The van der Waals surface area contributed by atoms with Gasteiger partial charge in [-0.3, -0.25) is 9.59 Å². The Kier molecular flexibility index (Phi) is 7.38. The van der Waals surface area contributed by atoms with Gasteiger partial charge in [-0.15, -0.1) is 0 Å². The number of primary amides is 1. The van der Waals surface area contributed by atoms with Gasteiger partial charge < -0.3 is 16.0 Å². The summed E-state index contributed by atoms with van der Waals surface area (Å²) in [6.07, 6.45) is 5.83. The number of piperidine rings is 1. The predicted octanol–water partition coefficient (Wildman–Crippen LogP) is 2.11. The number of hydrogen-bond donors (Lipinski definition) is 2. The van der Waals surface area contributed by atoms with Crippen molar-refractivity contribution in [3.8, 4) is 0 Å². The largest absolute Gasteiger partial charge is 0.369 e. The fraction of sp³-hybridized carbons (Fsp3) is 0.667. The summed E-state index contributed by atoms with van der Waals surface area (Å²) in [6.45, 7) is 2.86. The molecule has 7 nitrogen and oxygen atoms in total. The molecule has 9 heteroatoms. The third-order valence-electron chi connectivity index (χ3n) is 7.86. The molecular weight excluding hydrogens is 445 g/mol. The lowest BCUT2D eigenvalue weighted by molar-refractivity contribution is -0.135. The van der Waals surface area contributed by atoms with Crippen LogP contribution < -0.4 is 11.1 Å². The zero-order valence-corrected chi connectivity index (χ0v) is 19.7. The standard InChI is InChI=1S/C24H34FN3O4S/c25-18-5-7-19(8-6-18)33(31,32)20-9-13-28(14-10-20)12-2-1-11-27-24(30)22-17-4-3-16(15-17)21(22)23(26)29/h5-8,16-17,20-22H,1-4,9-15H2,(H2,26,29)(H,27,30). The maximum atomic E-state index is 13.1. The number of likely N-dealkylation sites (tertiary alicyclic amines) is 1. The van der Waals surface area contributed by atoms with E-state index in [2.05, 4.69) is 10.2 Å². The first-order valence-electron chi connectivity index (χ1n) is 12.1. The first kappa shape index (κ1) is 24.1. The zero-order valence-electron chi connectivity index (χ0n) is 18.9. The Balaban J connectivity index is 1.15. The van der Waals surface area contributed by atoms with E-state index < -0.39 is 20.9 Å². The van der Waals surface area contributed by atoms with Crippen molar-refractivity contribution in [2.75, 3.05) is 26.2 Å². The number of benzene rings is 1. The van der Waals surface area contributed by atoms with Gasteiger partial charge in [0.2, 0.25) is 11.8 Å². The number of nitrogens with two attached hydrogens (primary N) is 1. The van der Waals surface area contributed by atoms with Crippen LogP contribution in [0.15, 0.2) is 29.2 Å². The van der Waals surface area contributed by atoms with Gasteiger partial charge in [0.15, 0.2) is 9.84 Å². The molecule has 0 aromatic heterocycles. The van der Waals surface area contributed by atoms with E-state index in [-0.39, 0.29) is 34.5 Å². The Bertz CT molecular complexity index is 960. The van der Waals surface area contributed by atoms with E-state index in [0.29, 0.717) is 38.4 Å². The molecule has 1 heterocycles. The smallest absolute Gasteiger partial charge is 0.224 e. The fourth-order valence-electron chi connectivity index (χ4n) is 6.13. The molecule has 3 N–H and O–H groups in total. The molecule has 2 saturated carbocycles. The van der Waals surface area contributed by atoms with Crippen LogP contribution in [0, 0.1) is 29.5 Å². The maximum absolute atomic E-state index is 13.1. The molecule has 33 heavy (non-hydrogen) atoms. The van der Waals surface area contributed by atoms with Gasteiger partial charge in [-0.05, 0) is 101 Å². The minimum atomic E-state index is -3.44. The van der Waals surface area contributed by atoms with Crippen molar-refractivity contribution in [2.24, 2.45) is 29.4 Å². The summed E-state index contributed by atoms with van der Waals surface area (Å²) in [5.74, 6) is -0.814. The minimum absolute atomic E-state index is 0.0298. The number of amides is 2. The average molecular weight is 480 g/mol. The Labute approximate surface area is 195 Å². The van der Waals surface area contributed by atoms with Crippen molar-refractivity contribution in [2.45, 2.75) is 55.1 Å². The van der Waals surface area contributed by atoms with E-state index in [1.165, 1.54) is 24.3 Å². The van der Waals surface area contributed by atoms with Gasteiger partial charge in [0.25, 0.3) is 0 Å². The number of nitrogens with one attached hydrogen (secondary N) is 1. The van der Waals surface area contributed by atoms with Crippen LogP contribution in [-0.2, 0) is 19.4 Å². The topological polar surface area (TPSA) is 110 Å². The van der Waals surface area contributed by atoms with Crippen LogP contribution in [0.25, 0.3) is 0 Å². The van der Waals surface area contributed by atoms with Crippen LogP contribution in [-0.4, -0.2) is 56.6 Å². The summed E-state index contributed by atoms with van der Waals surface area (Å²) in [5, 5.41) is 2.58. The predicted molar refractivity (Wildman–Crippen MR) is 122 cm³/mol. The van der Waals surface area contributed by atoms with E-state index in [1.54, 1.807) is 0 Å². The summed E-state index contributed by atoms with van der Waals surface area (Å²) >= 11 is 0. The average Bonchev–Trinajstić information content (AvgIpc) is 3.41. The van der Waals surface area contributed by atoms with E-state index in [4.69, 9.17) is 5.73 Å². The summed E-state index contributed by atoms with van der Waals surface area (Å²) in [7, 11) is -3.44. The number of unbranched alkanes of at least 4 members (excludes halogenated alkanes) is 1. The highest BCUT2D eigenvalue weighted by Crippen LogP contribution is 2.52. The van der Waals surface area contributed by atoms with Crippen molar-refractivity contribution in [1.82, 2.24) is 10.2 Å². The van der Waals surface area contributed by atoms with Crippen molar-refractivity contribution < 1.29 is 22.4 Å². The molecule has 3 fully saturated rings. The van der Waals surface area contributed by atoms with E-state index in [1.807, 2.05) is 0 Å². The summed E-state index contributed by atoms with van der Waals surface area (Å²) in [4.78, 5) is 26.9. The highest BCUT2D eigenvalue weighted by atomic mass is 32.2. The molecule has 3 aliphatic rings. The van der Waals surface area contributed by atoms with Crippen LogP contribution in [0.5, 0.6) is 0 Å². The van der Waals surface area contributed by atoms with Crippen molar-refractivity contribution in [1.29, 1.82) is 0 Å². The monoisotopic (exact) mass is 479 g/mol. The van der Waals surface area contributed by atoms with E-state index >= 15 is 0 Å². The zero-order chi connectivity index (χ0) is 23.6. The number of hydrogen-bond acceptors (Lipinski definition) is 5. The van der Waals surface area contributed by atoms with E-state index in [0.717, 1.165) is 38.6 Å². The Morgan fingerprint density at radius 2 is 1.64 bits per heavy atom. The molecule has 182 valence electrons. The highest BCUT2D eigenvalue weighted by Gasteiger charge is 2.53. The summed E-state index contributed by atoms with van der Waals surface area (Å²) in [6, 6.07) is 5.06. The molecule has 2 aliphatic carbocycles. The number of rotatable bonds is 9. The second-order valence-electron chi connectivity index (χ2n) is 9.83. The van der Waals surface area contributed by atoms with Gasteiger partial charge in [-0.2, -0.15) is 0 Å². The lowest BCUT2D eigenvalue weighted by Crippen LogP contribution is -2.43. The van der Waals surface area contributed by atoms with Gasteiger partial charge in [0, 0.05) is 6.54 Å². The first-order valence-corrected chi connectivity index (χ1v) is 13.6. The molecule has 4 unspecified atom stereocenters. The number of halogens is 1. The van der Waals surface area contributed by atoms with Crippen LogP contribution in [0.4, 0.5) is 4.39 Å². The molecule has 1 saturated heterocycles.